The minimum absolute atomic E-state index is 0.157. The van der Waals surface area contributed by atoms with Crippen LogP contribution in [0.25, 0.3) is 11.3 Å². The molecule has 0 spiro atoms. The summed E-state index contributed by atoms with van der Waals surface area (Å²) in [5.41, 5.74) is 3.19. The van der Waals surface area contributed by atoms with Gasteiger partial charge in [0.15, 0.2) is 5.13 Å². The minimum Gasteiger partial charge on any atom is -0.481 e. The Labute approximate surface area is 156 Å². The Morgan fingerprint density at radius 3 is 2.77 bits per heavy atom. The van der Waals surface area contributed by atoms with E-state index in [9.17, 15) is 9.59 Å². The topological polar surface area (TPSA) is 82.5 Å². The lowest BCUT2D eigenvalue weighted by Crippen LogP contribution is -2.32. The summed E-state index contributed by atoms with van der Waals surface area (Å²) in [5.74, 6) is -1.32. The van der Waals surface area contributed by atoms with E-state index in [1.165, 1.54) is 16.9 Å². The number of aryl methyl sites for hydroxylation is 1. The Balaban J connectivity index is 1.54. The van der Waals surface area contributed by atoms with Gasteiger partial charge in [0, 0.05) is 17.5 Å². The first kappa shape index (κ1) is 18.5. The Hall–Kier alpha value is -2.25. The maximum atomic E-state index is 12.2. The molecule has 2 aromatic rings. The van der Waals surface area contributed by atoms with Crippen molar-refractivity contribution in [2.75, 3.05) is 25.0 Å². The van der Waals surface area contributed by atoms with Crippen LogP contribution in [0, 0.1) is 5.92 Å². The van der Waals surface area contributed by atoms with Crippen molar-refractivity contribution < 1.29 is 14.7 Å². The first-order chi connectivity index (χ1) is 12.5. The third kappa shape index (κ3) is 4.68. The number of nitrogens with zero attached hydrogens (tertiary/aromatic N) is 2. The number of aromatic nitrogens is 1. The average molecular weight is 373 g/mol. The smallest absolute Gasteiger partial charge is 0.307 e. The Kier molecular flexibility index (Phi) is 6.00. The number of amides is 1. The van der Waals surface area contributed by atoms with E-state index in [4.69, 9.17) is 5.11 Å². The van der Waals surface area contributed by atoms with Crippen molar-refractivity contribution in [2.24, 2.45) is 5.92 Å². The van der Waals surface area contributed by atoms with E-state index in [0.29, 0.717) is 24.6 Å². The quantitative estimate of drug-likeness (QED) is 0.779. The maximum Gasteiger partial charge on any atom is 0.307 e. The number of rotatable bonds is 7. The molecule has 1 aliphatic heterocycles. The van der Waals surface area contributed by atoms with Crippen molar-refractivity contribution >= 4 is 28.3 Å². The largest absolute Gasteiger partial charge is 0.481 e. The van der Waals surface area contributed by atoms with Crippen LogP contribution in [0.3, 0.4) is 0 Å². The Bertz CT molecular complexity index is 773. The number of hydrogen-bond acceptors (Lipinski definition) is 5. The van der Waals surface area contributed by atoms with Crippen molar-refractivity contribution in [3.05, 3.63) is 35.2 Å². The van der Waals surface area contributed by atoms with Gasteiger partial charge in [-0.15, -0.1) is 11.3 Å². The van der Waals surface area contributed by atoms with E-state index in [2.05, 4.69) is 41.5 Å². The van der Waals surface area contributed by atoms with E-state index >= 15 is 0 Å². The molecule has 3 rings (SSSR count). The molecule has 1 aromatic carbocycles. The van der Waals surface area contributed by atoms with Crippen LogP contribution >= 0.6 is 11.3 Å². The zero-order valence-electron chi connectivity index (χ0n) is 14.8. The molecule has 1 amide bonds. The van der Waals surface area contributed by atoms with Crippen LogP contribution < -0.4 is 5.32 Å². The standard InChI is InChI=1S/C19H23N3O3S/c1-2-3-13-4-6-14(7-5-13)16-12-26-19(20-16)21-17(23)11-22-9-8-15(10-22)18(24)25/h4-7,12,15H,2-3,8-11H2,1H3,(H,24,25)(H,20,21,23). The monoisotopic (exact) mass is 373 g/mol. The predicted octanol–water partition coefficient (Wildman–Crippen LogP) is 3.11. The molecule has 2 N–H and O–H groups in total. The lowest BCUT2D eigenvalue weighted by atomic mass is 10.1. The van der Waals surface area contributed by atoms with Crippen LogP contribution in [0.2, 0.25) is 0 Å². The highest BCUT2D eigenvalue weighted by Gasteiger charge is 2.29. The lowest BCUT2D eigenvalue weighted by Gasteiger charge is -2.13. The van der Waals surface area contributed by atoms with Gasteiger partial charge in [-0.2, -0.15) is 0 Å². The zero-order chi connectivity index (χ0) is 18.5. The van der Waals surface area contributed by atoms with Crippen LogP contribution in [0.5, 0.6) is 0 Å². The molecule has 7 heteroatoms. The molecule has 1 fully saturated rings. The maximum absolute atomic E-state index is 12.2. The van der Waals surface area contributed by atoms with Crippen LogP contribution in [0.1, 0.15) is 25.3 Å². The van der Waals surface area contributed by atoms with Crippen molar-refractivity contribution in [3.8, 4) is 11.3 Å². The van der Waals surface area contributed by atoms with Gasteiger partial charge in [0.1, 0.15) is 0 Å². The second-order valence-electron chi connectivity index (χ2n) is 6.59. The zero-order valence-corrected chi connectivity index (χ0v) is 15.6. The third-order valence-corrected chi connectivity index (χ3v) is 5.29. The van der Waals surface area contributed by atoms with Crippen LogP contribution in [-0.4, -0.2) is 46.5 Å². The number of carbonyl (C=O) groups is 2. The van der Waals surface area contributed by atoms with Gasteiger partial charge in [-0.1, -0.05) is 37.6 Å². The highest BCUT2D eigenvalue weighted by atomic mass is 32.1. The summed E-state index contributed by atoms with van der Waals surface area (Å²) in [6.45, 7) is 3.42. The van der Waals surface area contributed by atoms with Crippen LogP contribution in [0.4, 0.5) is 5.13 Å². The molecule has 0 radical (unpaired) electrons. The predicted molar refractivity (Wildman–Crippen MR) is 102 cm³/mol. The summed E-state index contributed by atoms with van der Waals surface area (Å²) in [5, 5.41) is 14.3. The normalized spacial score (nSPS) is 17.3. The number of anilines is 1. The number of hydrogen-bond donors (Lipinski definition) is 2. The van der Waals surface area contributed by atoms with E-state index in [1.54, 1.807) is 0 Å². The molecule has 1 unspecified atom stereocenters. The highest BCUT2D eigenvalue weighted by Crippen LogP contribution is 2.25. The van der Waals surface area contributed by atoms with E-state index in [-0.39, 0.29) is 18.4 Å². The van der Waals surface area contributed by atoms with Gasteiger partial charge < -0.3 is 10.4 Å². The van der Waals surface area contributed by atoms with Crippen molar-refractivity contribution in [2.45, 2.75) is 26.2 Å². The number of thiazole rings is 1. The third-order valence-electron chi connectivity index (χ3n) is 4.53. The van der Waals surface area contributed by atoms with Crippen LogP contribution in [-0.2, 0) is 16.0 Å². The second-order valence-corrected chi connectivity index (χ2v) is 7.45. The number of aliphatic carboxylic acids is 1. The van der Waals surface area contributed by atoms with Crippen molar-refractivity contribution in [1.29, 1.82) is 0 Å². The number of carboxylic acid groups (broad SMARTS) is 1. The van der Waals surface area contributed by atoms with Gasteiger partial charge in [0.25, 0.3) is 0 Å². The van der Waals surface area contributed by atoms with Gasteiger partial charge in [-0.3, -0.25) is 14.5 Å². The van der Waals surface area contributed by atoms with Gasteiger partial charge >= 0.3 is 5.97 Å². The average Bonchev–Trinajstić information content (AvgIpc) is 3.25. The number of carboxylic acids is 1. The molecular formula is C19H23N3O3S. The fourth-order valence-electron chi connectivity index (χ4n) is 3.13. The van der Waals surface area contributed by atoms with Gasteiger partial charge in [0.2, 0.25) is 5.91 Å². The SMILES string of the molecule is CCCc1ccc(-c2csc(NC(=O)CN3CCC(C(=O)O)C3)n2)cc1. The van der Waals surface area contributed by atoms with Crippen molar-refractivity contribution in [1.82, 2.24) is 9.88 Å². The first-order valence-electron chi connectivity index (χ1n) is 8.85. The molecule has 2 heterocycles. The van der Waals surface area contributed by atoms with Crippen LogP contribution in [0.15, 0.2) is 29.6 Å². The number of benzene rings is 1. The molecule has 1 atom stereocenters. The van der Waals surface area contributed by atoms with E-state index in [0.717, 1.165) is 24.1 Å². The summed E-state index contributed by atoms with van der Waals surface area (Å²) in [6.07, 6.45) is 2.78. The summed E-state index contributed by atoms with van der Waals surface area (Å²) in [7, 11) is 0. The molecular weight excluding hydrogens is 350 g/mol. The first-order valence-corrected chi connectivity index (χ1v) is 9.73. The van der Waals surface area contributed by atoms with Gasteiger partial charge in [-0.25, -0.2) is 4.98 Å². The number of nitrogens with one attached hydrogen (secondary N) is 1. The Morgan fingerprint density at radius 2 is 2.12 bits per heavy atom. The summed E-state index contributed by atoms with van der Waals surface area (Å²) in [6, 6.07) is 8.34. The molecule has 0 aliphatic carbocycles. The minimum atomic E-state index is -0.789. The van der Waals surface area contributed by atoms with Gasteiger partial charge in [-0.05, 0) is 24.9 Å². The fraction of sp³-hybridized carbons (Fsp3) is 0.421. The van der Waals surface area contributed by atoms with Crippen molar-refractivity contribution in [3.63, 3.8) is 0 Å². The molecule has 1 saturated heterocycles. The fourth-order valence-corrected chi connectivity index (χ4v) is 3.87. The second kappa shape index (κ2) is 8.42. The molecule has 6 nitrogen and oxygen atoms in total. The summed E-state index contributed by atoms with van der Waals surface area (Å²) in [4.78, 5) is 29.5. The molecule has 138 valence electrons. The summed E-state index contributed by atoms with van der Waals surface area (Å²) < 4.78 is 0. The number of carbonyl (C=O) groups excluding carboxylic acids is 1. The van der Waals surface area contributed by atoms with E-state index < -0.39 is 5.97 Å². The molecule has 0 bridgehead atoms. The highest BCUT2D eigenvalue weighted by molar-refractivity contribution is 7.14. The molecule has 1 aliphatic rings. The molecule has 1 aromatic heterocycles. The molecule has 26 heavy (non-hydrogen) atoms. The lowest BCUT2D eigenvalue weighted by molar-refractivity contribution is -0.141. The summed E-state index contributed by atoms with van der Waals surface area (Å²) >= 11 is 1.39. The van der Waals surface area contributed by atoms with Gasteiger partial charge in [0.05, 0.1) is 18.2 Å². The number of likely N-dealkylation sites (tertiary alicyclic amines) is 1. The molecule has 0 saturated carbocycles. The van der Waals surface area contributed by atoms with E-state index in [1.807, 2.05) is 10.3 Å². The Morgan fingerprint density at radius 1 is 1.35 bits per heavy atom.